The van der Waals surface area contributed by atoms with Crippen LogP contribution in [-0.2, 0) is 0 Å². The molecule has 1 heterocycles. The second-order valence-electron chi connectivity index (χ2n) is 3.63. The predicted octanol–water partition coefficient (Wildman–Crippen LogP) is 1.76. The Morgan fingerprint density at radius 3 is 2.79 bits per heavy atom. The summed E-state index contributed by atoms with van der Waals surface area (Å²) in [6.45, 7) is 1.97. The lowest BCUT2D eigenvalue weighted by molar-refractivity contribution is 0.393. The molecular formula is C10H15N3O. The molecule has 1 aliphatic carbocycles. The highest BCUT2D eigenvalue weighted by Gasteiger charge is 2.19. The molecule has 1 saturated carbocycles. The standard InChI is InChI=1S/C10H15N3O/c1-7-9(13-8-4-3-5-8)11-6-12-10(7)14-2/h6,8H,3-5H2,1-2H3,(H,11,12,13). The van der Waals surface area contributed by atoms with Crippen LogP contribution in [0.15, 0.2) is 6.33 Å². The van der Waals surface area contributed by atoms with E-state index in [9.17, 15) is 0 Å². The Balaban J connectivity index is 2.15. The van der Waals surface area contributed by atoms with E-state index in [1.807, 2.05) is 6.92 Å². The van der Waals surface area contributed by atoms with Gasteiger partial charge in [-0.1, -0.05) is 0 Å². The zero-order valence-corrected chi connectivity index (χ0v) is 8.58. The fourth-order valence-corrected chi connectivity index (χ4v) is 1.53. The average molecular weight is 193 g/mol. The van der Waals surface area contributed by atoms with Gasteiger partial charge >= 0.3 is 0 Å². The SMILES string of the molecule is COc1ncnc(NC2CCC2)c1C. The van der Waals surface area contributed by atoms with E-state index in [0.29, 0.717) is 11.9 Å². The Morgan fingerprint density at radius 2 is 2.21 bits per heavy atom. The second-order valence-corrected chi connectivity index (χ2v) is 3.63. The topological polar surface area (TPSA) is 47.0 Å². The number of hydrogen-bond donors (Lipinski definition) is 1. The summed E-state index contributed by atoms with van der Waals surface area (Å²) in [5.74, 6) is 1.56. The highest BCUT2D eigenvalue weighted by atomic mass is 16.5. The number of methoxy groups -OCH3 is 1. The quantitative estimate of drug-likeness (QED) is 0.794. The van der Waals surface area contributed by atoms with Crippen molar-refractivity contribution in [1.29, 1.82) is 0 Å². The van der Waals surface area contributed by atoms with Crippen LogP contribution in [-0.4, -0.2) is 23.1 Å². The number of anilines is 1. The van der Waals surface area contributed by atoms with E-state index in [0.717, 1.165) is 11.4 Å². The van der Waals surface area contributed by atoms with E-state index < -0.39 is 0 Å². The maximum Gasteiger partial charge on any atom is 0.221 e. The zero-order valence-electron chi connectivity index (χ0n) is 8.58. The first kappa shape index (κ1) is 9.24. The van der Waals surface area contributed by atoms with Gasteiger partial charge in [-0.25, -0.2) is 9.97 Å². The summed E-state index contributed by atoms with van der Waals surface area (Å²) >= 11 is 0. The number of ether oxygens (including phenoxy) is 1. The van der Waals surface area contributed by atoms with Gasteiger partial charge in [-0.15, -0.1) is 0 Å². The van der Waals surface area contributed by atoms with Crippen molar-refractivity contribution >= 4 is 5.82 Å². The van der Waals surface area contributed by atoms with Gasteiger partial charge in [0, 0.05) is 6.04 Å². The lowest BCUT2D eigenvalue weighted by atomic mass is 9.93. The summed E-state index contributed by atoms with van der Waals surface area (Å²) in [5.41, 5.74) is 0.988. The normalized spacial score (nSPS) is 16.1. The molecule has 0 atom stereocenters. The Bertz CT molecular complexity index is 323. The first-order chi connectivity index (χ1) is 6.81. The van der Waals surface area contributed by atoms with Crippen LogP contribution in [0.4, 0.5) is 5.82 Å². The van der Waals surface area contributed by atoms with Crippen molar-refractivity contribution in [2.24, 2.45) is 0 Å². The third-order valence-corrected chi connectivity index (χ3v) is 2.68. The zero-order chi connectivity index (χ0) is 9.97. The van der Waals surface area contributed by atoms with Gasteiger partial charge in [0.25, 0.3) is 0 Å². The van der Waals surface area contributed by atoms with E-state index in [-0.39, 0.29) is 0 Å². The van der Waals surface area contributed by atoms with Gasteiger partial charge in [-0.3, -0.25) is 0 Å². The monoisotopic (exact) mass is 193 g/mol. The third kappa shape index (κ3) is 1.64. The Kier molecular flexibility index (Phi) is 2.52. The summed E-state index contributed by atoms with van der Waals surface area (Å²) in [4.78, 5) is 8.24. The first-order valence-electron chi connectivity index (χ1n) is 4.93. The van der Waals surface area contributed by atoms with E-state index in [2.05, 4.69) is 15.3 Å². The van der Waals surface area contributed by atoms with Crippen molar-refractivity contribution in [3.63, 3.8) is 0 Å². The van der Waals surface area contributed by atoms with E-state index in [4.69, 9.17) is 4.74 Å². The Morgan fingerprint density at radius 1 is 1.43 bits per heavy atom. The van der Waals surface area contributed by atoms with Crippen LogP contribution in [0.3, 0.4) is 0 Å². The molecule has 0 bridgehead atoms. The van der Waals surface area contributed by atoms with Gasteiger partial charge in [-0.05, 0) is 26.2 Å². The molecule has 0 aromatic carbocycles. The average Bonchev–Trinajstić information content (AvgIpc) is 2.13. The van der Waals surface area contributed by atoms with Crippen LogP contribution < -0.4 is 10.1 Å². The summed E-state index contributed by atoms with van der Waals surface area (Å²) in [6, 6.07) is 0.591. The van der Waals surface area contributed by atoms with Crippen molar-refractivity contribution in [3.05, 3.63) is 11.9 Å². The number of hydrogen-bond acceptors (Lipinski definition) is 4. The van der Waals surface area contributed by atoms with Crippen LogP contribution >= 0.6 is 0 Å². The van der Waals surface area contributed by atoms with Crippen LogP contribution in [0, 0.1) is 6.92 Å². The van der Waals surface area contributed by atoms with Crippen LogP contribution in [0.1, 0.15) is 24.8 Å². The van der Waals surface area contributed by atoms with Crippen molar-refractivity contribution in [2.75, 3.05) is 12.4 Å². The Hall–Kier alpha value is -1.32. The highest BCUT2D eigenvalue weighted by Crippen LogP contribution is 2.26. The second kappa shape index (κ2) is 3.82. The van der Waals surface area contributed by atoms with Crippen molar-refractivity contribution in [2.45, 2.75) is 32.2 Å². The molecule has 0 saturated heterocycles. The molecule has 1 aliphatic rings. The minimum absolute atomic E-state index is 0.591. The molecule has 0 radical (unpaired) electrons. The molecule has 0 amide bonds. The Labute approximate surface area is 83.7 Å². The molecule has 0 aliphatic heterocycles. The number of nitrogens with zero attached hydrogens (tertiary/aromatic N) is 2. The predicted molar refractivity (Wildman–Crippen MR) is 54.6 cm³/mol. The minimum atomic E-state index is 0.591. The number of aromatic nitrogens is 2. The molecular weight excluding hydrogens is 178 g/mol. The molecule has 1 N–H and O–H groups in total. The molecule has 1 aromatic rings. The van der Waals surface area contributed by atoms with Gasteiger partial charge in [-0.2, -0.15) is 0 Å². The lowest BCUT2D eigenvalue weighted by Gasteiger charge is -2.27. The fourth-order valence-electron chi connectivity index (χ4n) is 1.53. The van der Waals surface area contributed by atoms with Gasteiger partial charge < -0.3 is 10.1 Å². The summed E-state index contributed by atoms with van der Waals surface area (Å²) in [7, 11) is 1.63. The molecule has 1 aromatic heterocycles. The molecule has 76 valence electrons. The molecule has 0 unspecified atom stereocenters. The first-order valence-corrected chi connectivity index (χ1v) is 4.93. The molecule has 0 spiro atoms. The number of rotatable bonds is 3. The largest absolute Gasteiger partial charge is 0.481 e. The molecule has 4 heteroatoms. The highest BCUT2D eigenvalue weighted by molar-refractivity contribution is 5.48. The van der Waals surface area contributed by atoms with Crippen LogP contribution in [0.5, 0.6) is 5.88 Å². The molecule has 4 nitrogen and oxygen atoms in total. The molecule has 2 rings (SSSR count). The number of nitrogens with one attached hydrogen (secondary N) is 1. The van der Waals surface area contributed by atoms with Gasteiger partial charge in [0.1, 0.15) is 12.1 Å². The smallest absolute Gasteiger partial charge is 0.221 e. The summed E-state index contributed by atoms with van der Waals surface area (Å²) in [6.07, 6.45) is 5.34. The van der Waals surface area contributed by atoms with Crippen molar-refractivity contribution in [3.8, 4) is 5.88 Å². The van der Waals surface area contributed by atoms with Gasteiger partial charge in [0.15, 0.2) is 0 Å². The molecule has 1 fully saturated rings. The maximum atomic E-state index is 5.13. The van der Waals surface area contributed by atoms with Gasteiger partial charge in [0.2, 0.25) is 5.88 Å². The van der Waals surface area contributed by atoms with Crippen LogP contribution in [0.25, 0.3) is 0 Å². The molecule has 14 heavy (non-hydrogen) atoms. The van der Waals surface area contributed by atoms with E-state index in [1.54, 1.807) is 7.11 Å². The summed E-state index contributed by atoms with van der Waals surface area (Å²) < 4.78 is 5.13. The maximum absolute atomic E-state index is 5.13. The fraction of sp³-hybridized carbons (Fsp3) is 0.600. The van der Waals surface area contributed by atoms with E-state index >= 15 is 0 Å². The van der Waals surface area contributed by atoms with Crippen molar-refractivity contribution < 1.29 is 4.74 Å². The minimum Gasteiger partial charge on any atom is -0.481 e. The van der Waals surface area contributed by atoms with Crippen molar-refractivity contribution in [1.82, 2.24) is 9.97 Å². The summed E-state index contributed by atoms with van der Waals surface area (Å²) in [5, 5.41) is 3.39. The van der Waals surface area contributed by atoms with Crippen LogP contribution in [0.2, 0.25) is 0 Å². The third-order valence-electron chi connectivity index (χ3n) is 2.68. The lowest BCUT2D eigenvalue weighted by Crippen LogP contribution is -2.28. The van der Waals surface area contributed by atoms with Gasteiger partial charge in [0.05, 0.1) is 12.7 Å². The van der Waals surface area contributed by atoms with E-state index in [1.165, 1.54) is 25.6 Å².